The number of benzene rings is 1. The van der Waals surface area contributed by atoms with E-state index in [1.54, 1.807) is 6.20 Å². The fourth-order valence-corrected chi connectivity index (χ4v) is 2.98. The molecular formula is C18H23BrN2O3S. The predicted octanol–water partition coefficient (Wildman–Crippen LogP) is 5.00. The topological polar surface area (TPSA) is 60.5 Å². The van der Waals surface area contributed by atoms with Crippen molar-refractivity contribution in [2.75, 3.05) is 11.9 Å². The van der Waals surface area contributed by atoms with Crippen LogP contribution in [0.4, 0.5) is 4.79 Å². The Hall–Kier alpha value is -1.60. The normalized spacial score (nSPS) is 11.2. The first-order valence-electron chi connectivity index (χ1n) is 8.06. The van der Waals surface area contributed by atoms with E-state index in [2.05, 4.69) is 26.2 Å². The first-order valence-corrected chi connectivity index (χ1v) is 10.00. The Morgan fingerprint density at radius 1 is 1.28 bits per heavy atom. The van der Waals surface area contributed by atoms with Gasteiger partial charge < -0.3 is 14.8 Å². The van der Waals surface area contributed by atoms with Gasteiger partial charge in [-0.3, -0.25) is 0 Å². The van der Waals surface area contributed by atoms with Gasteiger partial charge in [-0.15, -0.1) is 11.3 Å². The second kappa shape index (κ2) is 9.20. The molecule has 1 amide bonds. The maximum atomic E-state index is 11.7. The molecule has 0 saturated heterocycles. The fourth-order valence-electron chi connectivity index (χ4n) is 1.92. The number of ether oxygens (including phenoxy) is 2. The standard InChI is InChI=1S/C18H23BrN2O3S/c1-18(2,3)21-17(22)24-12-15-11-20-16(25-15)13-5-7-14(8-6-13)23-10-4-9-19/h5-8,11H,4,9-10,12H2,1-3H3,(H,21,22). The van der Waals surface area contributed by atoms with E-state index >= 15 is 0 Å². The fraction of sp³-hybridized carbons (Fsp3) is 0.444. The number of carbonyl (C=O) groups excluding carboxylic acids is 1. The summed E-state index contributed by atoms with van der Waals surface area (Å²) in [6.07, 6.45) is 2.29. The molecule has 0 fully saturated rings. The molecule has 0 saturated carbocycles. The summed E-state index contributed by atoms with van der Waals surface area (Å²) in [5.74, 6) is 0.851. The molecule has 0 unspecified atom stereocenters. The Labute approximate surface area is 160 Å². The van der Waals surface area contributed by atoms with E-state index in [-0.39, 0.29) is 12.1 Å². The van der Waals surface area contributed by atoms with Gasteiger partial charge in [-0.25, -0.2) is 9.78 Å². The minimum absolute atomic E-state index is 0.216. The second-order valence-corrected chi connectivity index (χ2v) is 8.41. The molecule has 0 radical (unpaired) electrons. The summed E-state index contributed by atoms with van der Waals surface area (Å²) >= 11 is 4.89. The molecule has 0 aliphatic rings. The Kier molecular flexibility index (Phi) is 7.25. The molecule has 0 spiro atoms. The minimum Gasteiger partial charge on any atom is -0.494 e. The van der Waals surface area contributed by atoms with Crippen LogP contribution in [-0.4, -0.2) is 28.6 Å². The summed E-state index contributed by atoms with van der Waals surface area (Å²) in [5.41, 5.74) is 0.706. The van der Waals surface area contributed by atoms with Crippen molar-refractivity contribution in [3.05, 3.63) is 35.3 Å². The minimum atomic E-state index is -0.424. The molecule has 7 heteroatoms. The van der Waals surface area contributed by atoms with E-state index in [1.807, 2.05) is 45.0 Å². The molecular weight excluding hydrogens is 404 g/mol. The Balaban J connectivity index is 1.89. The van der Waals surface area contributed by atoms with Crippen LogP contribution in [0, 0.1) is 0 Å². The second-order valence-electron chi connectivity index (χ2n) is 6.50. The van der Waals surface area contributed by atoms with Crippen molar-refractivity contribution >= 4 is 33.4 Å². The number of hydrogen-bond donors (Lipinski definition) is 1. The number of amides is 1. The van der Waals surface area contributed by atoms with Crippen molar-refractivity contribution in [3.63, 3.8) is 0 Å². The third kappa shape index (κ3) is 7.04. The molecule has 1 aromatic carbocycles. The van der Waals surface area contributed by atoms with E-state index in [0.29, 0.717) is 6.61 Å². The number of aromatic nitrogens is 1. The largest absolute Gasteiger partial charge is 0.494 e. The summed E-state index contributed by atoms with van der Waals surface area (Å²) in [6, 6.07) is 7.86. The number of hydrogen-bond acceptors (Lipinski definition) is 5. The summed E-state index contributed by atoms with van der Waals surface area (Å²) < 4.78 is 10.9. The third-order valence-corrected chi connectivity index (χ3v) is 4.60. The van der Waals surface area contributed by atoms with Crippen molar-refractivity contribution in [2.45, 2.75) is 39.3 Å². The summed E-state index contributed by atoms with van der Waals surface area (Å²) in [4.78, 5) is 17.0. The average molecular weight is 427 g/mol. The SMILES string of the molecule is CC(C)(C)NC(=O)OCc1cnc(-c2ccc(OCCCBr)cc2)s1. The molecule has 5 nitrogen and oxygen atoms in total. The third-order valence-electron chi connectivity index (χ3n) is 3.02. The lowest BCUT2D eigenvalue weighted by atomic mass is 10.1. The van der Waals surface area contributed by atoms with Gasteiger partial charge in [0.15, 0.2) is 0 Å². The van der Waals surface area contributed by atoms with Crippen LogP contribution in [-0.2, 0) is 11.3 Å². The molecule has 0 aliphatic heterocycles. The maximum absolute atomic E-state index is 11.7. The highest BCUT2D eigenvalue weighted by atomic mass is 79.9. The van der Waals surface area contributed by atoms with Crippen molar-refractivity contribution < 1.29 is 14.3 Å². The van der Waals surface area contributed by atoms with Gasteiger partial charge in [-0.2, -0.15) is 0 Å². The van der Waals surface area contributed by atoms with Gasteiger partial charge in [0.05, 0.1) is 11.5 Å². The van der Waals surface area contributed by atoms with Crippen LogP contribution in [0.2, 0.25) is 0 Å². The molecule has 1 aromatic heterocycles. The van der Waals surface area contributed by atoms with E-state index in [4.69, 9.17) is 9.47 Å². The Morgan fingerprint density at radius 2 is 2.00 bits per heavy atom. The van der Waals surface area contributed by atoms with E-state index < -0.39 is 6.09 Å². The quantitative estimate of drug-likeness (QED) is 0.499. The number of carbonyl (C=O) groups is 1. The van der Waals surface area contributed by atoms with Crippen LogP contribution in [0.3, 0.4) is 0 Å². The molecule has 0 aliphatic carbocycles. The van der Waals surface area contributed by atoms with Crippen LogP contribution in [0.25, 0.3) is 10.6 Å². The molecule has 2 rings (SSSR count). The monoisotopic (exact) mass is 426 g/mol. The summed E-state index contributed by atoms with van der Waals surface area (Å²) in [6.45, 7) is 6.64. The number of alkyl carbamates (subject to hydrolysis) is 1. The lowest BCUT2D eigenvalue weighted by Crippen LogP contribution is -2.40. The van der Waals surface area contributed by atoms with Gasteiger partial charge in [-0.05, 0) is 51.5 Å². The van der Waals surface area contributed by atoms with Crippen LogP contribution in [0.5, 0.6) is 5.75 Å². The van der Waals surface area contributed by atoms with E-state index in [0.717, 1.165) is 32.9 Å². The number of nitrogens with one attached hydrogen (secondary N) is 1. The predicted molar refractivity (Wildman–Crippen MR) is 105 cm³/mol. The number of alkyl halides is 1. The van der Waals surface area contributed by atoms with Gasteiger partial charge >= 0.3 is 6.09 Å². The maximum Gasteiger partial charge on any atom is 0.407 e. The van der Waals surface area contributed by atoms with Gasteiger partial charge in [0, 0.05) is 22.6 Å². The van der Waals surface area contributed by atoms with Gasteiger partial charge in [0.2, 0.25) is 0 Å². The van der Waals surface area contributed by atoms with Crippen LogP contribution in [0.15, 0.2) is 30.5 Å². The van der Waals surface area contributed by atoms with Crippen molar-refractivity contribution in [1.82, 2.24) is 10.3 Å². The van der Waals surface area contributed by atoms with Crippen LogP contribution < -0.4 is 10.1 Å². The Morgan fingerprint density at radius 3 is 2.64 bits per heavy atom. The van der Waals surface area contributed by atoms with Crippen LogP contribution >= 0.6 is 27.3 Å². The lowest BCUT2D eigenvalue weighted by molar-refractivity contribution is 0.132. The first-order chi connectivity index (χ1) is 11.9. The number of halogens is 1. The van der Waals surface area contributed by atoms with Gasteiger partial charge in [-0.1, -0.05) is 15.9 Å². The van der Waals surface area contributed by atoms with Crippen molar-refractivity contribution in [3.8, 4) is 16.3 Å². The highest BCUT2D eigenvalue weighted by Gasteiger charge is 2.15. The molecule has 1 N–H and O–H groups in total. The number of rotatable bonds is 7. The molecule has 136 valence electrons. The average Bonchev–Trinajstić information content (AvgIpc) is 3.01. The first kappa shape index (κ1) is 19.7. The Bertz CT molecular complexity index is 680. The highest BCUT2D eigenvalue weighted by Crippen LogP contribution is 2.27. The zero-order valence-electron chi connectivity index (χ0n) is 14.7. The molecule has 25 heavy (non-hydrogen) atoms. The molecule has 0 atom stereocenters. The zero-order chi connectivity index (χ0) is 18.3. The molecule has 0 bridgehead atoms. The van der Waals surface area contributed by atoms with Crippen molar-refractivity contribution in [2.24, 2.45) is 0 Å². The zero-order valence-corrected chi connectivity index (χ0v) is 17.1. The molecule has 2 aromatic rings. The smallest absolute Gasteiger partial charge is 0.407 e. The van der Waals surface area contributed by atoms with Crippen LogP contribution in [0.1, 0.15) is 32.1 Å². The van der Waals surface area contributed by atoms with Crippen molar-refractivity contribution in [1.29, 1.82) is 0 Å². The van der Waals surface area contributed by atoms with Gasteiger partial charge in [0.1, 0.15) is 17.4 Å². The molecule has 1 heterocycles. The highest BCUT2D eigenvalue weighted by molar-refractivity contribution is 9.09. The summed E-state index contributed by atoms with van der Waals surface area (Å²) in [5, 5.41) is 4.59. The summed E-state index contributed by atoms with van der Waals surface area (Å²) in [7, 11) is 0. The van der Waals surface area contributed by atoms with E-state index in [1.165, 1.54) is 11.3 Å². The number of nitrogens with zero attached hydrogens (tertiary/aromatic N) is 1. The number of thiazole rings is 1. The lowest BCUT2D eigenvalue weighted by Gasteiger charge is -2.19. The van der Waals surface area contributed by atoms with Gasteiger partial charge in [0.25, 0.3) is 0 Å². The van der Waals surface area contributed by atoms with E-state index in [9.17, 15) is 4.79 Å².